The highest BCUT2D eigenvalue weighted by Crippen LogP contribution is 2.52. The van der Waals surface area contributed by atoms with Crippen LogP contribution in [0.25, 0.3) is 10.8 Å². The second-order valence-corrected chi connectivity index (χ2v) is 10.8. The first-order chi connectivity index (χ1) is 17.9. The van der Waals surface area contributed by atoms with Crippen molar-refractivity contribution in [2.75, 3.05) is 7.05 Å². The van der Waals surface area contributed by atoms with Gasteiger partial charge in [-0.3, -0.25) is 9.59 Å². The number of hydrogen-bond donors (Lipinski definition) is 0. The second kappa shape index (κ2) is 9.66. The van der Waals surface area contributed by atoms with Crippen molar-refractivity contribution in [3.8, 4) is 5.75 Å². The van der Waals surface area contributed by atoms with Crippen LogP contribution in [0.5, 0.6) is 5.75 Å². The monoisotopic (exact) mass is 531 g/mol. The molecule has 0 amide bonds. The first kappa shape index (κ1) is 24.3. The highest BCUT2D eigenvalue weighted by Gasteiger charge is 2.43. The summed E-state index contributed by atoms with van der Waals surface area (Å²) in [5, 5.41) is 3.06. The van der Waals surface area contributed by atoms with E-state index in [9.17, 15) is 9.59 Å². The van der Waals surface area contributed by atoms with Crippen molar-refractivity contribution in [1.82, 2.24) is 4.90 Å². The molecular weight excluding hydrogens is 505 g/mol. The zero-order valence-electron chi connectivity index (χ0n) is 20.7. The zero-order chi connectivity index (χ0) is 25.7. The maximum Gasteiger partial charge on any atom is 0.161 e. The molecule has 2 aliphatic carbocycles. The lowest BCUT2D eigenvalue weighted by molar-refractivity contribution is -0.117. The summed E-state index contributed by atoms with van der Waals surface area (Å²) in [6, 6.07) is 17.8. The number of ether oxygens (including phenoxy) is 1. The number of benzene rings is 3. The summed E-state index contributed by atoms with van der Waals surface area (Å²) in [4.78, 5) is 28.9. The van der Waals surface area contributed by atoms with Gasteiger partial charge in [0.05, 0.1) is 5.02 Å². The average molecular weight is 532 g/mol. The number of carbonyl (C=O) groups excluding carboxylic acids is 2. The molecule has 1 aliphatic heterocycles. The zero-order valence-corrected chi connectivity index (χ0v) is 22.2. The van der Waals surface area contributed by atoms with E-state index in [-0.39, 0.29) is 11.6 Å². The summed E-state index contributed by atoms with van der Waals surface area (Å²) in [7, 11) is 1.99. The summed E-state index contributed by atoms with van der Waals surface area (Å²) in [5.74, 6) is 0.114. The number of rotatable bonds is 4. The summed E-state index contributed by atoms with van der Waals surface area (Å²) in [6.07, 6.45) is 4.18. The van der Waals surface area contributed by atoms with Crippen LogP contribution in [-0.4, -0.2) is 23.5 Å². The molecule has 4 nitrogen and oxygen atoms in total. The molecule has 0 aromatic heterocycles. The van der Waals surface area contributed by atoms with Crippen LogP contribution in [0.2, 0.25) is 10.0 Å². The number of hydrogen-bond acceptors (Lipinski definition) is 4. The van der Waals surface area contributed by atoms with E-state index in [1.54, 1.807) is 6.07 Å². The fraction of sp³-hybridized carbons (Fsp3) is 0.290. The van der Waals surface area contributed by atoms with Crippen LogP contribution in [0.4, 0.5) is 0 Å². The Balaban J connectivity index is 1.50. The Labute approximate surface area is 226 Å². The van der Waals surface area contributed by atoms with E-state index >= 15 is 0 Å². The maximum absolute atomic E-state index is 13.4. The minimum Gasteiger partial charge on any atom is -0.487 e. The van der Waals surface area contributed by atoms with Crippen LogP contribution in [-0.2, 0) is 16.2 Å². The lowest BCUT2D eigenvalue weighted by Gasteiger charge is -2.42. The van der Waals surface area contributed by atoms with Crippen molar-refractivity contribution in [3.63, 3.8) is 0 Å². The van der Waals surface area contributed by atoms with Crippen molar-refractivity contribution in [2.45, 2.75) is 51.0 Å². The smallest absolute Gasteiger partial charge is 0.161 e. The third kappa shape index (κ3) is 4.17. The molecule has 0 saturated carbocycles. The molecule has 0 bridgehead atoms. The molecule has 0 saturated heterocycles. The van der Waals surface area contributed by atoms with E-state index in [0.29, 0.717) is 52.0 Å². The molecule has 0 spiro atoms. The number of halogens is 2. The third-order valence-electron chi connectivity index (χ3n) is 7.84. The first-order valence-corrected chi connectivity index (χ1v) is 13.5. The largest absolute Gasteiger partial charge is 0.487 e. The fourth-order valence-corrected chi connectivity index (χ4v) is 6.74. The fourth-order valence-electron chi connectivity index (χ4n) is 6.18. The quantitative estimate of drug-likeness (QED) is 0.345. The Morgan fingerprint density at radius 1 is 0.865 bits per heavy atom. The molecule has 3 aromatic rings. The molecule has 6 heteroatoms. The Hall–Kier alpha value is -3.08. The van der Waals surface area contributed by atoms with Crippen molar-refractivity contribution < 1.29 is 14.3 Å². The molecule has 0 radical (unpaired) electrons. The molecule has 0 fully saturated rings. The van der Waals surface area contributed by atoms with Gasteiger partial charge < -0.3 is 9.64 Å². The standard InChI is InChI=1S/C31H27Cl2NO3/c1-34-24-11-5-13-26(35)29(24)28(30-25(34)12-6-14-27(30)36)22-15-20(32)16-23(33)31(22)37-17-19-9-4-8-18-7-2-3-10-21(18)19/h2-4,7-10,15-16,28H,5-6,11-14,17H2,1H3. The normalized spacial score (nSPS) is 18.4. The number of nitrogens with zero attached hydrogens (tertiary/aromatic N) is 1. The van der Waals surface area contributed by atoms with Crippen molar-refractivity contribution in [3.05, 3.63) is 98.3 Å². The second-order valence-electron chi connectivity index (χ2n) is 10.00. The van der Waals surface area contributed by atoms with E-state index in [2.05, 4.69) is 23.1 Å². The molecule has 0 unspecified atom stereocenters. The molecule has 6 rings (SSSR count). The van der Waals surface area contributed by atoms with Gasteiger partial charge in [-0.05, 0) is 54.2 Å². The van der Waals surface area contributed by atoms with Crippen molar-refractivity contribution in [2.24, 2.45) is 0 Å². The first-order valence-electron chi connectivity index (χ1n) is 12.8. The third-order valence-corrected chi connectivity index (χ3v) is 8.34. The van der Waals surface area contributed by atoms with Crippen LogP contribution in [0.1, 0.15) is 55.6 Å². The number of carbonyl (C=O) groups is 2. The Bertz CT molecular complexity index is 1470. The van der Waals surface area contributed by atoms with Gasteiger partial charge >= 0.3 is 0 Å². The minimum absolute atomic E-state index is 0.0825. The van der Waals surface area contributed by atoms with Gasteiger partial charge in [0.25, 0.3) is 0 Å². The lowest BCUT2D eigenvalue weighted by atomic mass is 9.71. The summed E-state index contributed by atoms with van der Waals surface area (Å²) < 4.78 is 6.46. The summed E-state index contributed by atoms with van der Waals surface area (Å²) >= 11 is 13.3. The SMILES string of the molecule is CN1C2=C(C(=O)CCC2)C(c2cc(Cl)cc(Cl)c2OCc2cccc3ccccc23)C2=C1CCCC2=O. The van der Waals surface area contributed by atoms with Crippen molar-refractivity contribution >= 4 is 45.5 Å². The molecule has 37 heavy (non-hydrogen) atoms. The molecule has 1 heterocycles. The minimum atomic E-state index is -0.527. The van der Waals surface area contributed by atoms with Gasteiger partial charge in [0.1, 0.15) is 12.4 Å². The Morgan fingerprint density at radius 3 is 2.22 bits per heavy atom. The molecule has 3 aliphatic rings. The maximum atomic E-state index is 13.4. The van der Waals surface area contributed by atoms with Crippen LogP contribution < -0.4 is 4.74 Å². The van der Waals surface area contributed by atoms with Gasteiger partial charge in [0.2, 0.25) is 0 Å². The predicted molar refractivity (Wildman–Crippen MR) is 147 cm³/mol. The van der Waals surface area contributed by atoms with E-state index in [1.807, 2.05) is 37.4 Å². The number of Topliss-reactive ketones (excluding diaryl/α,β-unsaturated/α-hetero) is 2. The van der Waals surface area contributed by atoms with Crippen molar-refractivity contribution in [1.29, 1.82) is 0 Å². The molecule has 188 valence electrons. The molecular formula is C31H27Cl2NO3. The van der Waals surface area contributed by atoms with Crippen LogP contribution in [0.15, 0.2) is 77.1 Å². The average Bonchev–Trinajstić information content (AvgIpc) is 2.89. The highest BCUT2D eigenvalue weighted by molar-refractivity contribution is 6.35. The van der Waals surface area contributed by atoms with Crippen LogP contribution in [0.3, 0.4) is 0 Å². The number of allylic oxidation sites excluding steroid dienone is 4. The number of ketones is 2. The van der Waals surface area contributed by atoms with Gasteiger partial charge in [-0.2, -0.15) is 0 Å². The van der Waals surface area contributed by atoms with Crippen LogP contribution >= 0.6 is 23.2 Å². The topological polar surface area (TPSA) is 46.6 Å². The molecule has 3 aromatic carbocycles. The number of fused-ring (bicyclic) bond motifs is 1. The van der Waals surface area contributed by atoms with Gasteiger partial charge in [-0.1, -0.05) is 65.7 Å². The summed E-state index contributed by atoms with van der Waals surface area (Å²) in [5.41, 5.74) is 5.11. The van der Waals surface area contributed by atoms with E-state index in [1.165, 1.54) is 0 Å². The van der Waals surface area contributed by atoms with Crippen LogP contribution in [0, 0.1) is 0 Å². The highest BCUT2D eigenvalue weighted by atomic mass is 35.5. The van der Waals surface area contributed by atoms with Gasteiger partial charge in [-0.25, -0.2) is 0 Å². The van der Waals surface area contributed by atoms with E-state index in [0.717, 1.165) is 53.4 Å². The van der Waals surface area contributed by atoms with Gasteiger partial charge in [0, 0.05) is 58.9 Å². The Morgan fingerprint density at radius 2 is 1.51 bits per heavy atom. The molecule has 0 atom stereocenters. The summed E-state index contributed by atoms with van der Waals surface area (Å²) in [6.45, 7) is 0.294. The van der Waals surface area contributed by atoms with Gasteiger partial charge in [0.15, 0.2) is 11.6 Å². The van der Waals surface area contributed by atoms with E-state index < -0.39 is 5.92 Å². The molecule has 0 N–H and O–H groups in total. The predicted octanol–water partition coefficient (Wildman–Crippen LogP) is 7.77. The Kier molecular flexibility index (Phi) is 6.34. The van der Waals surface area contributed by atoms with Gasteiger partial charge in [-0.15, -0.1) is 0 Å². The lowest BCUT2D eigenvalue weighted by Crippen LogP contribution is -2.37. The van der Waals surface area contributed by atoms with E-state index in [4.69, 9.17) is 27.9 Å².